The van der Waals surface area contributed by atoms with Crippen LogP contribution in [0.15, 0.2) is 88.9 Å². The fourth-order valence-electron chi connectivity index (χ4n) is 4.40. The first-order valence-electron chi connectivity index (χ1n) is 12.0. The van der Waals surface area contributed by atoms with E-state index < -0.39 is 22.5 Å². The average molecular weight is 549 g/mol. The second-order valence-corrected chi connectivity index (χ2v) is 11.4. The fourth-order valence-corrected chi connectivity index (χ4v) is 6.01. The normalized spacial score (nSPS) is 11.6. The van der Waals surface area contributed by atoms with Crippen LogP contribution in [0.5, 0.6) is 0 Å². The molecule has 7 nitrogen and oxygen atoms in total. The van der Waals surface area contributed by atoms with Gasteiger partial charge >= 0.3 is 0 Å². The van der Waals surface area contributed by atoms with Crippen LogP contribution < -0.4 is 9.73 Å². The molecule has 0 saturated carbocycles. The minimum absolute atomic E-state index is 0.101. The molecule has 9 heteroatoms. The molecular formula is C29H29ClN4O3S. The molecule has 0 saturated heterocycles. The van der Waals surface area contributed by atoms with Gasteiger partial charge in [0.2, 0.25) is 0 Å². The monoisotopic (exact) mass is 548 g/mol. The molecule has 4 rings (SSSR count). The second-order valence-electron chi connectivity index (χ2n) is 9.11. The number of aryl methyl sites for hydroxylation is 3. The van der Waals surface area contributed by atoms with E-state index >= 15 is 0 Å². The largest absolute Gasteiger partial charge is 0.318 e. The van der Waals surface area contributed by atoms with E-state index in [0.29, 0.717) is 10.7 Å². The summed E-state index contributed by atoms with van der Waals surface area (Å²) in [6, 6.07) is 23.0. The highest BCUT2D eigenvalue weighted by Gasteiger charge is 2.27. The van der Waals surface area contributed by atoms with Crippen molar-refractivity contribution in [3.63, 3.8) is 0 Å². The number of hydrogen-bond donors (Lipinski definition) is 1. The van der Waals surface area contributed by atoms with E-state index in [9.17, 15) is 13.2 Å². The molecule has 0 bridgehead atoms. The van der Waals surface area contributed by atoms with Gasteiger partial charge in [-0.1, -0.05) is 41.9 Å². The number of sulfonamides is 1. The van der Waals surface area contributed by atoms with Crippen LogP contribution in [0.25, 0.3) is 5.69 Å². The first kappa shape index (κ1) is 27.2. The van der Waals surface area contributed by atoms with Crippen LogP contribution in [0, 0.1) is 27.7 Å². The van der Waals surface area contributed by atoms with E-state index in [-0.39, 0.29) is 4.90 Å². The highest BCUT2D eigenvalue weighted by Crippen LogP contribution is 2.26. The lowest BCUT2D eigenvalue weighted by atomic mass is 10.1. The fraction of sp³-hybridized carbons (Fsp3) is 0.172. The topological polar surface area (TPSA) is 83.8 Å². The van der Waals surface area contributed by atoms with E-state index in [1.807, 2.05) is 68.7 Å². The van der Waals surface area contributed by atoms with Gasteiger partial charge in [0.05, 0.1) is 16.8 Å². The first-order valence-corrected chi connectivity index (χ1v) is 13.8. The summed E-state index contributed by atoms with van der Waals surface area (Å²) in [7, 11) is -4.00. The van der Waals surface area contributed by atoms with Crippen LogP contribution >= 0.6 is 11.6 Å². The third-order valence-corrected chi connectivity index (χ3v) is 8.07. The smallest absolute Gasteiger partial charge is 0.264 e. The van der Waals surface area contributed by atoms with Crippen molar-refractivity contribution in [1.29, 1.82) is 0 Å². The van der Waals surface area contributed by atoms with Gasteiger partial charge in [0, 0.05) is 27.7 Å². The average Bonchev–Trinajstić information content (AvgIpc) is 3.15. The van der Waals surface area contributed by atoms with E-state index in [4.69, 9.17) is 11.6 Å². The quantitative estimate of drug-likeness (QED) is 0.226. The Balaban J connectivity index is 1.57. The van der Waals surface area contributed by atoms with Gasteiger partial charge in [-0.15, -0.1) is 0 Å². The van der Waals surface area contributed by atoms with Crippen molar-refractivity contribution in [3.05, 3.63) is 112 Å². The minimum atomic E-state index is -4.00. The number of benzene rings is 3. The molecule has 4 aromatic rings. The number of nitrogens with zero attached hydrogens (tertiary/aromatic N) is 3. The Morgan fingerprint density at radius 2 is 1.63 bits per heavy atom. The Morgan fingerprint density at radius 1 is 0.947 bits per heavy atom. The van der Waals surface area contributed by atoms with Gasteiger partial charge in [-0.2, -0.15) is 5.10 Å². The lowest BCUT2D eigenvalue weighted by molar-refractivity contribution is -0.119. The Labute approximate surface area is 228 Å². The number of aromatic nitrogens is 1. The number of rotatable bonds is 8. The summed E-state index contributed by atoms with van der Waals surface area (Å²) in [5.74, 6) is -0.566. The molecule has 0 unspecified atom stereocenters. The maximum Gasteiger partial charge on any atom is 0.264 e. The number of hydrogen-bond acceptors (Lipinski definition) is 4. The predicted molar refractivity (Wildman–Crippen MR) is 153 cm³/mol. The van der Waals surface area contributed by atoms with E-state index in [0.717, 1.165) is 38.1 Å². The third-order valence-electron chi connectivity index (χ3n) is 6.04. The molecule has 1 N–H and O–H groups in total. The zero-order chi connectivity index (χ0) is 27.4. The van der Waals surface area contributed by atoms with Crippen LogP contribution in [0.3, 0.4) is 0 Å². The number of carbonyl (C=O) groups is 1. The zero-order valence-corrected chi connectivity index (χ0v) is 23.2. The molecule has 0 fully saturated rings. The summed E-state index contributed by atoms with van der Waals surface area (Å²) < 4.78 is 30.2. The lowest BCUT2D eigenvalue weighted by Gasteiger charge is -2.24. The molecule has 3 aromatic carbocycles. The minimum Gasteiger partial charge on any atom is -0.318 e. The van der Waals surface area contributed by atoms with Gasteiger partial charge in [-0.25, -0.2) is 13.8 Å². The molecule has 0 radical (unpaired) electrons. The number of halogens is 1. The van der Waals surface area contributed by atoms with Crippen molar-refractivity contribution in [2.45, 2.75) is 32.6 Å². The number of carbonyl (C=O) groups excluding carboxylic acids is 1. The van der Waals surface area contributed by atoms with Crippen molar-refractivity contribution in [3.8, 4) is 5.69 Å². The number of anilines is 1. The van der Waals surface area contributed by atoms with Crippen LogP contribution in [0.2, 0.25) is 5.02 Å². The summed E-state index contributed by atoms with van der Waals surface area (Å²) in [6.07, 6.45) is 1.55. The van der Waals surface area contributed by atoms with E-state index in [1.54, 1.807) is 36.5 Å². The van der Waals surface area contributed by atoms with Crippen molar-refractivity contribution in [1.82, 2.24) is 9.99 Å². The van der Waals surface area contributed by atoms with Gasteiger partial charge in [0.25, 0.3) is 15.9 Å². The number of nitrogens with one attached hydrogen (secondary N) is 1. The van der Waals surface area contributed by atoms with E-state index in [2.05, 4.69) is 10.5 Å². The lowest BCUT2D eigenvalue weighted by Crippen LogP contribution is -2.39. The highest BCUT2D eigenvalue weighted by atomic mass is 35.5. The number of amides is 1. The van der Waals surface area contributed by atoms with Gasteiger partial charge in [-0.3, -0.25) is 9.10 Å². The standard InChI is InChI=1S/C29H29ClN4O3S/c1-20-13-21(2)15-27(14-20)33(38(36,37)28-11-6-5-7-12-28)19-29(35)32-31-18-24-16-22(3)34(23(24)4)26-10-8-9-25(30)17-26/h5-18H,19H2,1-4H3,(H,32,35)/b31-18+. The molecule has 1 amide bonds. The SMILES string of the molecule is Cc1cc(C)cc(N(CC(=O)N/N=C/c2cc(C)n(-c3cccc(Cl)c3)c2C)S(=O)(=O)c2ccccc2)c1. The van der Waals surface area contributed by atoms with E-state index in [1.165, 1.54) is 12.1 Å². The predicted octanol–water partition coefficient (Wildman–Crippen LogP) is 5.71. The van der Waals surface area contributed by atoms with Gasteiger partial charge in [0.1, 0.15) is 6.54 Å². The Bertz CT molecular complexity index is 1590. The Morgan fingerprint density at radius 3 is 2.29 bits per heavy atom. The summed E-state index contributed by atoms with van der Waals surface area (Å²) in [6.45, 7) is 7.26. The summed E-state index contributed by atoms with van der Waals surface area (Å²) in [5, 5.41) is 4.75. The third kappa shape index (κ3) is 5.98. The molecule has 0 atom stereocenters. The van der Waals surface area contributed by atoms with Crippen molar-refractivity contribution in [2.75, 3.05) is 10.8 Å². The molecule has 0 aliphatic rings. The van der Waals surface area contributed by atoms with Crippen LogP contribution in [-0.4, -0.2) is 31.7 Å². The molecule has 1 aromatic heterocycles. The molecule has 0 aliphatic heterocycles. The van der Waals surface area contributed by atoms with Crippen LogP contribution in [0.4, 0.5) is 5.69 Å². The van der Waals surface area contributed by atoms with Gasteiger partial charge < -0.3 is 4.57 Å². The van der Waals surface area contributed by atoms with Gasteiger partial charge in [-0.05, 0) is 87.4 Å². The van der Waals surface area contributed by atoms with Crippen molar-refractivity contribution < 1.29 is 13.2 Å². The second kappa shape index (κ2) is 11.2. The first-order chi connectivity index (χ1) is 18.1. The molecule has 38 heavy (non-hydrogen) atoms. The van der Waals surface area contributed by atoms with Crippen LogP contribution in [0.1, 0.15) is 28.1 Å². The highest BCUT2D eigenvalue weighted by molar-refractivity contribution is 7.92. The van der Waals surface area contributed by atoms with Crippen molar-refractivity contribution >= 4 is 39.4 Å². The van der Waals surface area contributed by atoms with Gasteiger partial charge in [0.15, 0.2) is 0 Å². The number of hydrazone groups is 1. The zero-order valence-electron chi connectivity index (χ0n) is 21.6. The summed E-state index contributed by atoms with van der Waals surface area (Å²) in [4.78, 5) is 13.0. The van der Waals surface area contributed by atoms with Crippen LogP contribution in [-0.2, 0) is 14.8 Å². The molecule has 0 spiro atoms. The molecule has 196 valence electrons. The van der Waals surface area contributed by atoms with Crippen molar-refractivity contribution in [2.24, 2.45) is 5.10 Å². The molecule has 0 aliphatic carbocycles. The Kier molecular flexibility index (Phi) is 8.04. The summed E-state index contributed by atoms with van der Waals surface area (Å²) >= 11 is 6.16. The molecular weight excluding hydrogens is 520 g/mol. The Hall–Kier alpha value is -3.88. The summed E-state index contributed by atoms with van der Waals surface area (Å²) in [5.41, 5.74) is 8.31. The maximum absolute atomic E-state index is 13.5. The maximum atomic E-state index is 13.5. The molecule has 1 heterocycles.